The molecule has 0 heterocycles. The molecule has 17 heavy (non-hydrogen) atoms. The number of hydrogen-bond acceptors (Lipinski definition) is 1. The van der Waals surface area contributed by atoms with Crippen LogP contribution in [0.2, 0.25) is 0 Å². The Morgan fingerprint density at radius 3 is 1.71 bits per heavy atom. The van der Waals surface area contributed by atoms with Gasteiger partial charge in [-0.2, -0.15) is 0 Å². The lowest BCUT2D eigenvalue weighted by Gasteiger charge is -1.94. The van der Waals surface area contributed by atoms with Crippen molar-refractivity contribution >= 4 is 0 Å². The van der Waals surface area contributed by atoms with Gasteiger partial charge >= 0.3 is 0 Å². The van der Waals surface area contributed by atoms with Crippen molar-refractivity contribution in [1.29, 1.82) is 0 Å². The zero-order valence-corrected chi connectivity index (χ0v) is 11.5. The Hall–Kier alpha value is -0.560. The summed E-state index contributed by atoms with van der Waals surface area (Å²) in [6.07, 6.45) is 21.3. The molecule has 0 aromatic carbocycles. The highest BCUT2D eigenvalue weighted by molar-refractivity contribution is 4.85. The summed E-state index contributed by atoms with van der Waals surface area (Å²) in [7, 11) is 0. The molecule has 0 aromatic heterocycles. The van der Waals surface area contributed by atoms with E-state index in [0.29, 0.717) is 6.61 Å². The fourth-order valence-electron chi connectivity index (χ4n) is 1.70. The first-order chi connectivity index (χ1) is 8.41. The number of aliphatic hydroxyl groups excluding tert-OH is 1. The predicted molar refractivity (Wildman–Crippen MR) is 77.2 cm³/mol. The van der Waals surface area contributed by atoms with Crippen LogP contribution in [-0.4, -0.2) is 11.7 Å². The number of hydrogen-bond donors (Lipinski definition) is 1. The van der Waals surface area contributed by atoms with Crippen molar-refractivity contribution in [3.05, 3.63) is 24.3 Å². The number of unbranched alkanes of at least 4 members (excludes halogenated alkanes) is 7. The maximum Gasteiger partial charge on any atom is 0.0431 e. The lowest BCUT2D eigenvalue weighted by atomic mass is 10.1. The second-order valence-corrected chi connectivity index (χ2v) is 4.59. The van der Waals surface area contributed by atoms with Gasteiger partial charge in [0, 0.05) is 6.61 Å². The normalized spacial score (nSPS) is 11.9. The molecule has 0 aliphatic carbocycles. The van der Waals surface area contributed by atoms with Crippen LogP contribution in [0.3, 0.4) is 0 Å². The van der Waals surface area contributed by atoms with E-state index in [-0.39, 0.29) is 0 Å². The Kier molecular flexibility index (Phi) is 14.9. The van der Waals surface area contributed by atoms with Gasteiger partial charge in [0.25, 0.3) is 0 Å². The molecule has 0 rings (SSSR count). The second kappa shape index (κ2) is 15.4. The van der Waals surface area contributed by atoms with Gasteiger partial charge in [0.15, 0.2) is 0 Å². The van der Waals surface area contributed by atoms with Gasteiger partial charge in [0.1, 0.15) is 0 Å². The van der Waals surface area contributed by atoms with Gasteiger partial charge in [0.2, 0.25) is 0 Å². The van der Waals surface area contributed by atoms with Crippen LogP contribution in [0.5, 0.6) is 0 Å². The molecule has 0 aromatic rings. The minimum Gasteiger partial charge on any atom is -0.396 e. The number of aliphatic hydroxyl groups is 1. The highest BCUT2D eigenvalue weighted by atomic mass is 16.2. The molecule has 1 N–H and O–H groups in total. The third kappa shape index (κ3) is 15.4. The van der Waals surface area contributed by atoms with Crippen LogP contribution in [0.1, 0.15) is 71.1 Å². The van der Waals surface area contributed by atoms with Gasteiger partial charge < -0.3 is 5.11 Å². The summed E-state index contributed by atoms with van der Waals surface area (Å²) in [5.74, 6) is 0. The Bertz CT molecular complexity index is 182. The molecule has 100 valence electrons. The molecular weight excluding hydrogens is 208 g/mol. The van der Waals surface area contributed by atoms with Gasteiger partial charge in [-0.25, -0.2) is 0 Å². The number of allylic oxidation sites excluding steroid dienone is 4. The van der Waals surface area contributed by atoms with Crippen molar-refractivity contribution < 1.29 is 5.11 Å². The second-order valence-electron chi connectivity index (χ2n) is 4.59. The first-order valence-corrected chi connectivity index (χ1v) is 7.32. The summed E-state index contributed by atoms with van der Waals surface area (Å²) >= 11 is 0. The molecule has 1 nitrogen and oxygen atoms in total. The van der Waals surface area contributed by atoms with Gasteiger partial charge in [-0.1, -0.05) is 50.5 Å². The molecule has 0 fully saturated rings. The molecule has 0 bridgehead atoms. The molecule has 0 saturated heterocycles. The lowest BCUT2D eigenvalue weighted by Crippen LogP contribution is -1.81. The Balaban J connectivity index is 3.11. The summed E-state index contributed by atoms with van der Waals surface area (Å²) in [5.41, 5.74) is 0. The van der Waals surface area contributed by atoms with Crippen molar-refractivity contribution in [1.82, 2.24) is 0 Å². The Morgan fingerprint density at radius 1 is 0.647 bits per heavy atom. The highest BCUT2D eigenvalue weighted by Crippen LogP contribution is 2.04. The Morgan fingerprint density at radius 2 is 1.18 bits per heavy atom. The van der Waals surface area contributed by atoms with Crippen molar-refractivity contribution in [3.63, 3.8) is 0 Å². The van der Waals surface area contributed by atoms with Crippen LogP contribution in [0.15, 0.2) is 24.3 Å². The maximum atomic E-state index is 8.62. The summed E-state index contributed by atoms with van der Waals surface area (Å²) < 4.78 is 0. The van der Waals surface area contributed by atoms with E-state index in [9.17, 15) is 0 Å². The average Bonchev–Trinajstić information content (AvgIpc) is 2.35. The molecule has 0 radical (unpaired) electrons. The quantitative estimate of drug-likeness (QED) is 0.374. The van der Waals surface area contributed by atoms with Gasteiger partial charge in [-0.3, -0.25) is 0 Å². The smallest absolute Gasteiger partial charge is 0.0431 e. The third-order valence-corrected chi connectivity index (χ3v) is 2.83. The van der Waals surface area contributed by atoms with E-state index in [0.717, 1.165) is 12.8 Å². The van der Waals surface area contributed by atoms with Gasteiger partial charge in [-0.15, -0.1) is 0 Å². The van der Waals surface area contributed by atoms with E-state index in [2.05, 4.69) is 31.2 Å². The minimum absolute atomic E-state index is 0.341. The van der Waals surface area contributed by atoms with Crippen molar-refractivity contribution in [2.75, 3.05) is 6.61 Å². The van der Waals surface area contributed by atoms with E-state index in [1.807, 2.05) is 0 Å². The van der Waals surface area contributed by atoms with Crippen molar-refractivity contribution in [3.8, 4) is 0 Å². The van der Waals surface area contributed by atoms with Crippen LogP contribution in [0.25, 0.3) is 0 Å². The van der Waals surface area contributed by atoms with Crippen LogP contribution in [0, 0.1) is 0 Å². The summed E-state index contributed by atoms with van der Waals surface area (Å²) in [6, 6.07) is 0. The summed E-state index contributed by atoms with van der Waals surface area (Å²) in [5, 5.41) is 8.62. The molecular formula is C16H30O. The van der Waals surface area contributed by atoms with Crippen molar-refractivity contribution in [2.24, 2.45) is 0 Å². The van der Waals surface area contributed by atoms with Crippen LogP contribution in [0.4, 0.5) is 0 Å². The minimum atomic E-state index is 0.341. The fraction of sp³-hybridized carbons (Fsp3) is 0.750. The molecule has 0 amide bonds. The summed E-state index contributed by atoms with van der Waals surface area (Å²) in [4.78, 5) is 0. The summed E-state index contributed by atoms with van der Waals surface area (Å²) in [6.45, 7) is 2.58. The molecule has 0 aliphatic rings. The molecule has 0 spiro atoms. The SMILES string of the molecule is CCCC/C=C\CCC/C=C/CCCCCO. The third-order valence-electron chi connectivity index (χ3n) is 2.83. The van der Waals surface area contributed by atoms with Crippen LogP contribution < -0.4 is 0 Å². The first kappa shape index (κ1) is 16.4. The highest BCUT2D eigenvalue weighted by Gasteiger charge is 1.85. The molecule has 0 unspecified atom stereocenters. The van der Waals surface area contributed by atoms with E-state index in [1.165, 1.54) is 51.4 Å². The van der Waals surface area contributed by atoms with Crippen LogP contribution in [-0.2, 0) is 0 Å². The molecule has 0 aliphatic heterocycles. The van der Waals surface area contributed by atoms with Gasteiger partial charge in [-0.05, 0) is 44.9 Å². The van der Waals surface area contributed by atoms with E-state index < -0.39 is 0 Å². The molecule has 0 saturated carbocycles. The van der Waals surface area contributed by atoms with Crippen molar-refractivity contribution in [2.45, 2.75) is 71.1 Å². The Labute approximate surface area is 108 Å². The standard InChI is InChI=1S/C16H30O/c1-2-3-4-5-6-7-8-9-10-11-12-13-14-15-16-17/h5-6,10-11,17H,2-4,7-9,12-16H2,1H3/b6-5-,11-10+. The van der Waals surface area contributed by atoms with E-state index >= 15 is 0 Å². The number of rotatable bonds is 12. The molecule has 1 heteroatoms. The lowest BCUT2D eigenvalue weighted by molar-refractivity contribution is 0.283. The fourth-order valence-corrected chi connectivity index (χ4v) is 1.70. The molecule has 0 atom stereocenters. The first-order valence-electron chi connectivity index (χ1n) is 7.32. The zero-order valence-electron chi connectivity index (χ0n) is 11.5. The van der Waals surface area contributed by atoms with E-state index in [4.69, 9.17) is 5.11 Å². The monoisotopic (exact) mass is 238 g/mol. The maximum absolute atomic E-state index is 8.62. The van der Waals surface area contributed by atoms with E-state index in [1.54, 1.807) is 0 Å². The van der Waals surface area contributed by atoms with Crippen LogP contribution >= 0.6 is 0 Å². The average molecular weight is 238 g/mol. The van der Waals surface area contributed by atoms with Gasteiger partial charge in [0.05, 0.1) is 0 Å². The zero-order chi connectivity index (χ0) is 12.6. The predicted octanol–water partition coefficient (Wildman–Crippen LogP) is 5.01. The topological polar surface area (TPSA) is 20.2 Å². The largest absolute Gasteiger partial charge is 0.396 e.